The van der Waals surface area contributed by atoms with Gasteiger partial charge in [-0.15, -0.1) is 11.3 Å². The van der Waals surface area contributed by atoms with E-state index in [0.29, 0.717) is 6.54 Å². The van der Waals surface area contributed by atoms with Gasteiger partial charge in [0.15, 0.2) is 5.78 Å². The predicted octanol–water partition coefficient (Wildman–Crippen LogP) is 2.12. The quantitative estimate of drug-likeness (QED) is 0.722. The lowest BCUT2D eigenvalue weighted by molar-refractivity contribution is 0.101. The third-order valence-corrected chi connectivity index (χ3v) is 3.19. The summed E-state index contributed by atoms with van der Waals surface area (Å²) in [5.74, 6) is 0.192. The van der Waals surface area contributed by atoms with Crippen molar-refractivity contribution in [2.45, 2.75) is 0 Å². The van der Waals surface area contributed by atoms with E-state index in [4.69, 9.17) is 0 Å². The number of carbonyl (C=O) groups is 1. The van der Waals surface area contributed by atoms with E-state index in [1.807, 2.05) is 5.38 Å². The Bertz CT molecular complexity index is 294. The molecule has 1 aromatic rings. The van der Waals surface area contributed by atoms with Gasteiger partial charge in [0.25, 0.3) is 0 Å². The number of hydrogen-bond acceptors (Lipinski definition) is 3. The van der Waals surface area contributed by atoms with Gasteiger partial charge in [-0.1, -0.05) is 0 Å². The minimum Gasteiger partial charge on any atom is -0.375 e. The zero-order valence-corrected chi connectivity index (χ0v) is 7.38. The molecule has 4 heteroatoms. The molecule has 10 heavy (non-hydrogen) atoms. The van der Waals surface area contributed by atoms with Crippen LogP contribution in [0, 0.1) is 0 Å². The molecule has 2 heterocycles. The second-order valence-electron chi connectivity index (χ2n) is 2.07. The Morgan fingerprint density at radius 1 is 1.70 bits per heavy atom. The molecule has 0 saturated heterocycles. The fourth-order valence-electron chi connectivity index (χ4n) is 0.968. The Morgan fingerprint density at radius 2 is 2.50 bits per heavy atom. The first-order valence-corrected chi connectivity index (χ1v) is 4.50. The summed E-state index contributed by atoms with van der Waals surface area (Å²) in [6.45, 7) is 0.455. The molecule has 0 amide bonds. The van der Waals surface area contributed by atoms with E-state index >= 15 is 0 Å². The molecule has 2 nitrogen and oxygen atoms in total. The molecule has 0 unspecified atom stereocenters. The molecule has 0 atom stereocenters. The summed E-state index contributed by atoms with van der Waals surface area (Å²) in [4.78, 5) is 11.0. The van der Waals surface area contributed by atoms with Gasteiger partial charge in [-0.05, 0) is 15.9 Å². The molecule has 1 aromatic heterocycles. The Morgan fingerprint density at radius 3 is 3.20 bits per heavy atom. The number of hydrogen-bond donors (Lipinski definition) is 1. The Kier molecular flexibility index (Phi) is 1.32. The number of nitrogens with one attached hydrogen (secondary N) is 1. The van der Waals surface area contributed by atoms with Gasteiger partial charge in [0.05, 0.1) is 21.6 Å². The highest BCUT2D eigenvalue weighted by Gasteiger charge is 2.22. The molecule has 1 N–H and O–H groups in total. The van der Waals surface area contributed by atoms with Crippen LogP contribution in [-0.2, 0) is 0 Å². The summed E-state index contributed by atoms with van der Waals surface area (Å²) in [5.41, 5.74) is 1.80. The Hall–Kier alpha value is -0.350. The van der Waals surface area contributed by atoms with E-state index < -0.39 is 0 Å². The molecular weight excluding hydrogens is 214 g/mol. The summed E-state index contributed by atoms with van der Waals surface area (Å²) in [6, 6.07) is 0. The number of ketones is 1. The zero-order valence-electron chi connectivity index (χ0n) is 4.98. The largest absolute Gasteiger partial charge is 0.375 e. The van der Waals surface area contributed by atoms with Crippen molar-refractivity contribution < 1.29 is 4.79 Å². The van der Waals surface area contributed by atoms with E-state index in [9.17, 15) is 4.79 Å². The van der Waals surface area contributed by atoms with Gasteiger partial charge in [0.1, 0.15) is 0 Å². The molecule has 2 rings (SSSR count). The molecule has 0 aromatic carbocycles. The van der Waals surface area contributed by atoms with Gasteiger partial charge in [0.2, 0.25) is 0 Å². The van der Waals surface area contributed by atoms with Crippen LogP contribution in [0.25, 0.3) is 0 Å². The minimum atomic E-state index is 0.192. The first-order valence-electron chi connectivity index (χ1n) is 2.83. The molecular formula is C6H4BrNOS. The van der Waals surface area contributed by atoms with Crippen molar-refractivity contribution in [3.05, 3.63) is 14.7 Å². The summed E-state index contributed by atoms with van der Waals surface area (Å²) < 4.78 is 1.02. The van der Waals surface area contributed by atoms with Crippen LogP contribution in [0.2, 0.25) is 0 Å². The summed E-state index contributed by atoms with van der Waals surface area (Å²) in [6.07, 6.45) is 0. The fourth-order valence-corrected chi connectivity index (χ4v) is 2.37. The van der Waals surface area contributed by atoms with Crippen molar-refractivity contribution >= 4 is 38.7 Å². The molecule has 1 aliphatic heterocycles. The molecule has 0 spiro atoms. The van der Waals surface area contributed by atoms with E-state index in [1.165, 1.54) is 0 Å². The summed E-state index contributed by atoms with van der Waals surface area (Å²) in [5, 5.41) is 4.89. The van der Waals surface area contributed by atoms with E-state index in [2.05, 4.69) is 21.2 Å². The van der Waals surface area contributed by atoms with Crippen LogP contribution >= 0.6 is 27.3 Å². The minimum absolute atomic E-state index is 0.192. The molecule has 0 aliphatic carbocycles. The van der Waals surface area contributed by atoms with Gasteiger partial charge < -0.3 is 5.32 Å². The lowest BCUT2D eigenvalue weighted by Crippen LogP contribution is -2.00. The van der Waals surface area contributed by atoms with Crippen molar-refractivity contribution in [3.8, 4) is 0 Å². The second kappa shape index (κ2) is 2.07. The van der Waals surface area contributed by atoms with Gasteiger partial charge in [0, 0.05) is 5.38 Å². The topological polar surface area (TPSA) is 29.1 Å². The lowest BCUT2D eigenvalue weighted by atomic mass is 10.2. The van der Waals surface area contributed by atoms with Crippen LogP contribution in [-0.4, -0.2) is 12.3 Å². The molecule has 0 radical (unpaired) electrons. The summed E-state index contributed by atoms with van der Waals surface area (Å²) >= 11 is 4.89. The van der Waals surface area contributed by atoms with Gasteiger partial charge >= 0.3 is 0 Å². The number of carbonyl (C=O) groups excluding carboxylic acids is 1. The number of Topliss-reactive ketones (excluding diaryl/α,β-unsaturated/α-hetero) is 1. The third kappa shape index (κ3) is 0.722. The number of halogens is 1. The highest BCUT2D eigenvalue weighted by molar-refractivity contribution is 9.11. The number of thiophene rings is 1. The molecule has 1 aliphatic rings. The van der Waals surface area contributed by atoms with E-state index in [0.717, 1.165) is 15.0 Å². The van der Waals surface area contributed by atoms with Gasteiger partial charge in [-0.2, -0.15) is 0 Å². The molecule has 52 valence electrons. The normalized spacial score (nSPS) is 15.1. The number of fused-ring (bicyclic) bond motifs is 1. The van der Waals surface area contributed by atoms with Crippen molar-refractivity contribution in [1.29, 1.82) is 0 Å². The maximum atomic E-state index is 11.0. The average molecular weight is 218 g/mol. The monoisotopic (exact) mass is 217 g/mol. The lowest BCUT2D eigenvalue weighted by Gasteiger charge is -1.89. The van der Waals surface area contributed by atoms with Crippen LogP contribution in [0.15, 0.2) is 9.17 Å². The first-order chi connectivity index (χ1) is 4.79. The third-order valence-electron chi connectivity index (χ3n) is 1.47. The number of anilines is 1. The zero-order chi connectivity index (χ0) is 7.14. The Labute approximate surface area is 70.4 Å². The maximum absolute atomic E-state index is 11.0. The predicted molar refractivity (Wildman–Crippen MR) is 44.8 cm³/mol. The van der Waals surface area contributed by atoms with Crippen molar-refractivity contribution in [1.82, 2.24) is 0 Å². The van der Waals surface area contributed by atoms with Gasteiger partial charge in [-0.25, -0.2) is 0 Å². The standard InChI is InChI=1S/C6H4BrNOS/c7-6-5-3(2-10-6)4(9)1-8-5/h2,8H,1H2. The Balaban J connectivity index is 2.63. The van der Waals surface area contributed by atoms with Crippen molar-refractivity contribution in [2.24, 2.45) is 0 Å². The van der Waals surface area contributed by atoms with Crippen LogP contribution in [0.1, 0.15) is 10.4 Å². The highest BCUT2D eigenvalue weighted by atomic mass is 79.9. The highest BCUT2D eigenvalue weighted by Crippen LogP contribution is 2.36. The molecule has 0 saturated carbocycles. The van der Waals surface area contributed by atoms with Gasteiger partial charge in [-0.3, -0.25) is 4.79 Å². The fraction of sp³-hybridized carbons (Fsp3) is 0.167. The van der Waals surface area contributed by atoms with Crippen molar-refractivity contribution in [3.63, 3.8) is 0 Å². The van der Waals surface area contributed by atoms with E-state index in [-0.39, 0.29) is 5.78 Å². The second-order valence-corrected chi connectivity index (χ2v) is 4.27. The smallest absolute Gasteiger partial charge is 0.184 e. The summed E-state index contributed by atoms with van der Waals surface area (Å²) in [7, 11) is 0. The molecule has 0 fully saturated rings. The maximum Gasteiger partial charge on any atom is 0.184 e. The average Bonchev–Trinajstić information content (AvgIpc) is 2.41. The van der Waals surface area contributed by atoms with Crippen LogP contribution < -0.4 is 5.32 Å². The van der Waals surface area contributed by atoms with Crippen LogP contribution in [0.5, 0.6) is 0 Å². The first kappa shape index (κ1) is 6.37. The van der Waals surface area contributed by atoms with Crippen LogP contribution in [0.3, 0.4) is 0 Å². The van der Waals surface area contributed by atoms with Crippen LogP contribution in [0.4, 0.5) is 5.69 Å². The van der Waals surface area contributed by atoms with Crippen molar-refractivity contribution in [2.75, 3.05) is 11.9 Å². The molecule has 0 bridgehead atoms. The SMILES string of the molecule is O=C1CNc2c1csc2Br. The number of rotatable bonds is 0. The van der Waals surface area contributed by atoms with E-state index in [1.54, 1.807) is 11.3 Å².